The van der Waals surface area contributed by atoms with Crippen LogP contribution < -0.4 is 0 Å². The second-order valence-electron chi connectivity index (χ2n) is 3.44. The van der Waals surface area contributed by atoms with Crippen molar-refractivity contribution in [3.63, 3.8) is 0 Å². The Morgan fingerprint density at radius 3 is 2.14 bits per heavy atom. The standard InChI is InChI=1S/C8H16O5S/c9-1-6(11)8(7(12)2-10)3-13-5-14-4-8/h6-7,9-12H,1-5H2. The lowest BCUT2D eigenvalue weighted by molar-refractivity contribution is -0.127. The van der Waals surface area contributed by atoms with Crippen molar-refractivity contribution in [1.82, 2.24) is 0 Å². The zero-order chi connectivity index (χ0) is 10.6. The third kappa shape index (κ3) is 2.21. The Morgan fingerprint density at radius 2 is 1.79 bits per heavy atom. The van der Waals surface area contributed by atoms with Gasteiger partial charge < -0.3 is 25.2 Å². The lowest BCUT2D eigenvalue weighted by atomic mass is 9.79. The largest absolute Gasteiger partial charge is 0.394 e. The third-order valence-corrected chi connectivity index (χ3v) is 3.66. The normalized spacial score (nSPS) is 32.6. The van der Waals surface area contributed by atoms with Gasteiger partial charge in [-0.3, -0.25) is 0 Å². The van der Waals surface area contributed by atoms with Crippen molar-refractivity contribution in [3.05, 3.63) is 0 Å². The summed E-state index contributed by atoms with van der Waals surface area (Å²) in [5, 5.41) is 37.0. The van der Waals surface area contributed by atoms with Crippen LogP contribution in [0.2, 0.25) is 0 Å². The third-order valence-electron chi connectivity index (χ3n) is 2.58. The number of ether oxygens (including phenoxy) is 1. The van der Waals surface area contributed by atoms with Gasteiger partial charge in [0.05, 0.1) is 43.4 Å². The van der Waals surface area contributed by atoms with E-state index in [0.717, 1.165) is 0 Å². The summed E-state index contributed by atoms with van der Waals surface area (Å²) in [5.41, 5.74) is -0.952. The molecule has 14 heavy (non-hydrogen) atoms. The molecular weight excluding hydrogens is 208 g/mol. The summed E-state index contributed by atoms with van der Waals surface area (Å²) in [4.78, 5) is 0. The van der Waals surface area contributed by atoms with Gasteiger partial charge in [0, 0.05) is 5.75 Å². The van der Waals surface area contributed by atoms with Gasteiger partial charge in [-0.2, -0.15) is 0 Å². The molecular formula is C8H16O5S. The predicted molar refractivity (Wildman–Crippen MR) is 51.9 cm³/mol. The van der Waals surface area contributed by atoms with Crippen LogP contribution in [-0.4, -0.2) is 64.1 Å². The first-order valence-electron chi connectivity index (χ1n) is 4.40. The lowest BCUT2D eigenvalue weighted by Gasteiger charge is -2.42. The molecule has 2 atom stereocenters. The first-order chi connectivity index (χ1) is 6.67. The Hall–Kier alpha value is 0.150. The van der Waals surface area contributed by atoms with E-state index in [-0.39, 0.29) is 6.61 Å². The maximum Gasteiger partial charge on any atom is 0.0921 e. The minimum Gasteiger partial charge on any atom is -0.394 e. The molecule has 1 saturated heterocycles. The van der Waals surface area contributed by atoms with Gasteiger partial charge in [-0.05, 0) is 0 Å². The van der Waals surface area contributed by atoms with E-state index < -0.39 is 30.8 Å². The maximum absolute atomic E-state index is 9.62. The van der Waals surface area contributed by atoms with Crippen molar-refractivity contribution in [1.29, 1.82) is 0 Å². The van der Waals surface area contributed by atoms with Crippen LogP contribution in [-0.2, 0) is 4.74 Å². The highest BCUT2D eigenvalue weighted by molar-refractivity contribution is 7.99. The summed E-state index contributed by atoms with van der Waals surface area (Å²) < 4.78 is 5.15. The van der Waals surface area contributed by atoms with Crippen molar-refractivity contribution >= 4 is 11.8 Å². The molecule has 1 rings (SSSR count). The fraction of sp³-hybridized carbons (Fsp3) is 1.00. The highest BCUT2D eigenvalue weighted by Gasteiger charge is 2.46. The Labute approximate surface area is 86.7 Å². The molecule has 1 aliphatic heterocycles. The van der Waals surface area contributed by atoms with Crippen LogP contribution >= 0.6 is 11.8 Å². The first-order valence-corrected chi connectivity index (χ1v) is 5.56. The average Bonchev–Trinajstić information content (AvgIpc) is 2.27. The molecule has 0 aromatic rings. The molecule has 0 aromatic carbocycles. The minimum absolute atomic E-state index is 0.156. The number of rotatable bonds is 4. The summed E-state index contributed by atoms with van der Waals surface area (Å²) in [6.07, 6.45) is -2.14. The van der Waals surface area contributed by atoms with E-state index in [4.69, 9.17) is 14.9 Å². The molecule has 0 amide bonds. The van der Waals surface area contributed by atoms with Crippen LogP contribution in [0.5, 0.6) is 0 Å². The summed E-state index contributed by atoms with van der Waals surface area (Å²) in [6.45, 7) is -0.731. The van der Waals surface area contributed by atoms with Crippen molar-refractivity contribution in [2.75, 3.05) is 31.5 Å². The van der Waals surface area contributed by atoms with Crippen molar-refractivity contribution in [3.8, 4) is 0 Å². The van der Waals surface area contributed by atoms with E-state index in [1.165, 1.54) is 11.8 Å². The van der Waals surface area contributed by atoms with E-state index in [1.54, 1.807) is 0 Å². The quantitative estimate of drug-likeness (QED) is 0.460. The first kappa shape index (κ1) is 12.2. The average molecular weight is 224 g/mol. The smallest absolute Gasteiger partial charge is 0.0921 e. The molecule has 2 unspecified atom stereocenters. The molecule has 0 aromatic heterocycles. The van der Waals surface area contributed by atoms with Crippen molar-refractivity contribution in [2.45, 2.75) is 12.2 Å². The van der Waals surface area contributed by atoms with Gasteiger partial charge in [-0.25, -0.2) is 0 Å². The fourth-order valence-corrected chi connectivity index (χ4v) is 2.67. The van der Waals surface area contributed by atoms with Gasteiger partial charge in [-0.1, -0.05) is 0 Å². The Morgan fingerprint density at radius 1 is 1.21 bits per heavy atom. The molecule has 1 aliphatic rings. The predicted octanol–water partition coefficient (Wildman–Crippen LogP) is -1.60. The molecule has 1 heterocycles. The van der Waals surface area contributed by atoms with Gasteiger partial charge >= 0.3 is 0 Å². The summed E-state index contributed by atoms with van der Waals surface area (Å²) in [7, 11) is 0. The highest BCUT2D eigenvalue weighted by atomic mass is 32.2. The van der Waals surface area contributed by atoms with Crippen LogP contribution in [0.1, 0.15) is 0 Å². The zero-order valence-corrected chi connectivity index (χ0v) is 8.61. The maximum atomic E-state index is 9.62. The van der Waals surface area contributed by atoms with Gasteiger partial charge in [-0.15, -0.1) is 11.8 Å². The van der Waals surface area contributed by atoms with E-state index in [2.05, 4.69) is 0 Å². The van der Waals surface area contributed by atoms with Crippen LogP contribution in [0.3, 0.4) is 0 Å². The summed E-state index contributed by atoms with van der Waals surface area (Å²) >= 11 is 1.42. The molecule has 0 aliphatic carbocycles. The molecule has 5 nitrogen and oxygen atoms in total. The van der Waals surface area contributed by atoms with Crippen LogP contribution in [0, 0.1) is 5.41 Å². The van der Waals surface area contributed by atoms with Crippen LogP contribution in [0.4, 0.5) is 0 Å². The van der Waals surface area contributed by atoms with E-state index in [0.29, 0.717) is 11.7 Å². The van der Waals surface area contributed by atoms with Gasteiger partial charge in [0.2, 0.25) is 0 Å². The van der Waals surface area contributed by atoms with Gasteiger partial charge in [0.1, 0.15) is 0 Å². The van der Waals surface area contributed by atoms with Crippen LogP contribution in [0.15, 0.2) is 0 Å². The fourth-order valence-electron chi connectivity index (χ4n) is 1.53. The molecule has 6 heteroatoms. The van der Waals surface area contributed by atoms with E-state index >= 15 is 0 Å². The van der Waals surface area contributed by atoms with E-state index in [1.807, 2.05) is 0 Å². The molecule has 0 spiro atoms. The number of thioether (sulfide) groups is 1. The Kier molecular flexibility index (Phi) is 4.62. The van der Waals surface area contributed by atoms with Gasteiger partial charge in [0.25, 0.3) is 0 Å². The molecule has 1 fully saturated rings. The molecule has 0 bridgehead atoms. The molecule has 0 radical (unpaired) electrons. The second kappa shape index (κ2) is 5.29. The van der Waals surface area contributed by atoms with E-state index in [9.17, 15) is 10.2 Å². The van der Waals surface area contributed by atoms with Crippen molar-refractivity contribution in [2.24, 2.45) is 5.41 Å². The van der Waals surface area contributed by atoms with Crippen molar-refractivity contribution < 1.29 is 25.2 Å². The summed E-state index contributed by atoms with van der Waals surface area (Å²) in [6, 6.07) is 0. The number of hydrogen-bond acceptors (Lipinski definition) is 6. The van der Waals surface area contributed by atoms with Gasteiger partial charge in [0.15, 0.2) is 0 Å². The SMILES string of the molecule is OCC(O)C1(C(O)CO)COCSC1. The number of aliphatic hydroxyl groups excluding tert-OH is 4. The Balaban J connectivity index is 2.76. The topological polar surface area (TPSA) is 90.2 Å². The minimum atomic E-state index is -1.07. The monoisotopic (exact) mass is 224 g/mol. The molecule has 0 saturated carbocycles. The molecule has 4 N–H and O–H groups in total. The molecule has 84 valence electrons. The zero-order valence-electron chi connectivity index (χ0n) is 7.80. The second-order valence-corrected chi connectivity index (χ2v) is 4.38. The Bertz CT molecular complexity index is 159. The number of hydrogen-bond donors (Lipinski definition) is 4. The lowest BCUT2D eigenvalue weighted by Crippen LogP contribution is -2.55. The highest BCUT2D eigenvalue weighted by Crippen LogP contribution is 2.35. The summed E-state index contributed by atoms with van der Waals surface area (Å²) in [5.74, 6) is 0.981. The number of aliphatic hydroxyl groups is 4. The van der Waals surface area contributed by atoms with Crippen LogP contribution in [0.25, 0.3) is 0 Å².